The lowest BCUT2D eigenvalue weighted by molar-refractivity contribution is -0.137. The van der Waals surface area contributed by atoms with Crippen molar-refractivity contribution in [3.05, 3.63) is 35.4 Å². The molecule has 0 saturated carbocycles. The fourth-order valence-corrected chi connectivity index (χ4v) is 3.52. The van der Waals surface area contributed by atoms with Crippen LogP contribution in [-0.4, -0.2) is 22.5 Å². The third-order valence-electron chi connectivity index (χ3n) is 2.63. The summed E-state index contributed by atoms with van der Waals surface area (Å²) < 4.78 is 48.7. The molecule has 2 nitrogen and oxygen atoms in total. The van der Waals surface area contributed by atoms with Crippen molar-refractivity contribution in [1.29, 1.82) is 0 Å². The molecule has 6 heteroatoms. The van der Waals surface area contributed by atoms with Crippen molar-refractivity contribution in [2.45, 2.75) is 32.5 Å². The molecule has 0 aliphatic carbocycles. The predicted molar refractivity (Wildman–Crippen MR) is 70.4 cm³/mol. The van der Waals surface area contributed by atoms with Gasteiger partial charge in [0.2, 0.25) is 0 Å². The van der Waals surface area contributed by atoms with Crippen LogP contribution in [0.2, 0.25) is 6.04 Å². The molecule has 0 saturated heterocycles. The summed E-state index contributed by atoms with van der Waals surface area (Å²) in [6.07, 6.45) is -3.73. The SMILES string of the molecule is CCO[SiH](CCc1cccc(C(F)(F)F)c1)OCC. The van der Waals surface area contributed by atoms with E-state index in [9.17, 15) is 13.2 Å². The summed E-state index contributed by atoms with van der Waals surface area (Å²) in [7, 11) is -1.74. The topological polar surface area (TPSA) is 18.5 Å². The Morgan fingerprint density at radius 3 is 2.26 bits per heavy atom. The third kappa shape index (κ3) is 5.75. The fraction of sp³-hybridized carbons (Fsp3) is 0.538. The van der Waals surface area contributed by atoms with E-state index in [2.05, 4.69) is 0 Å². The van der Waals surface area contributed by atoms with Gasteiger partial charge >= 0.3 is 15.5 Å². The average molecular weight is 292 g/mol. The number of hydrogen-bond acceptors (Lipinski definition) is 2. The highest BCUT2D eigenvalue weighted by molar-refractivity contribution is 6.44. The van der Waals surface area contributed by atoms with Crippen molar-refractivity contribution < 1.29 is 22.0 Å². The molecular formula is C13H19F3O2Si. The van der Waals surface area contributed by atoms with E-state index in [1.165, 1.54) is 12.1 Å². The average Bonchev–Trinajstić information content (AvgIpc) is 2.36. The van der Waals surface area contributed by atoms with E-state index in [0.29, 0.717) is 31.2 Å². The van der Waals surface area contributed by atoms with Gasteiger partial charge in [-0.2, -0.15) is 13.2 Å². The Morgan fingerprint density at radius 2 is 1.74 bits per heavy atom. The van der Waals surface area contributed by atoms with E-state index < -0.39 is 21.0 Å². The van der Waals surface area contributed by atoms with Gasteiger partial charge < -0.3 is 8.85 Å². The summed E-state index contributed by atoms with van der Waals surface area (Å²) in [5.41, 5.74) is 0.0720. The van der Waals surface area contributed by atoms with Gasteiger partial charge in [-0.15, -0.1) is 0 Å². The van der Waals surface area contributed by atoms with Crippen LogP contribution in [0, 0.1) is 0 Å². The summed E-state index contributed by atoms with van der Waals surface area (Å²) in [6.45, 7) is 4.95. The van der Waals surface area contributed by atoms with Crippen LogP contribution < -0.4 is 0 Å². The smallest absolute Gasteiger partial charge is 0.397 e. The quantitative estimate of drug-likeness (QED) is 0.716. The number of alkyl halides is 3. The van der Waals surface area contributed by atoms with E-state index in [1.807, 2.05) is 13.8 Å². The maximum atomic E-state index is 12.6. The molecule has 1 aromatic rings. The predicted octanol–water partition coefficient (Wildman–Crippen LogP) is 3.54. The molecule has 1 aromatic carbocycles. The number of rotatable bonds is 7. The minimum Gasteiger partial charge on any atom is -0.397 e. The van der Waals surface area contributed by atoms with E-state index in [4.69, 9.17) is 8.85 Å². The van der Waals surface area contributed by atoms with E-state index in [-0.39, 0.29) is 0 Å². The molecule has 0 bridgehead atoms. The maximum absolute atomic E-state index is 12.6. The number of aryl methyl sites for hydroxylation is 1. The van der Waals surface area contributed by atoms with E-state index in [0.717, 1.165) is 6.07 Å². The first-order chi connectivity index (χ1) is 8.97. The summed E-state index contributed by atoms with van der Waals surface area (Å²) in [4.78, 5) is 0. The van der Waals surface area contributed by atoms with Gasteiger partial charge in [-0.1, -0.05) is 18.2 Å². The monoisotopic (exact) mass is 292 g/mol. The zero-order valence-electron chi connectivity index (χ0n) is 11.2. The summed E-state index contributed by atoms with van der Waals surface area (Å²) >= 11 is 0. The highest BCUT2D eigenvalue weighted by atomic mass is 28.3. The van der Waals surface area contributed by atoms with Crippen LogP contribution in [0.15, 0.2) is 24.3 Å². The lowest BCUT2D eigenvalue weighted by Crippen LogP contribution is -2.23. The number of halogens is 3. The Labute approximate surface area is 113 Å². The van der Waals surface area contributed by atoms with Crippen LogP contribution in [0.1, 0.15) is 25.0 Å². The molecular weight excluding hydrogens is 273 g/mol. The molecule has 0 aliphatic heterocycles. The van der Waals surface area contributed by atoms with Gasteiger partial charge in [0.1, 0.15) is 0 Å². The first-order valence-corrected chi connectivity index (χ1v) is 8.12. The van der Waals surface area contributed by atoms with E-state index >= 15 is 0 Å². The minimum absolute atomic E-state index is 0.556. The van der Waals surface area contributed by atoms with Gasteiger partial charge in [0.05, 0.1) is 5.56 Å². The lowest BCUT2D eigenvalue weighted by Gasteiger charge is -2.15. The van der Waals surface area contributed by atoms with Gasteiger partial charge in [0, 0.05) is 13.2 Å². The minimum atomic E-state index is -4.29. The Kier molecular flexibility index (Phi) is 6.54. The van der Waals surface area contributed by atoms with Gasteiger partial charge in [-0.25, -0.2) is 0 Å². The van der Waals surface area contributed by atoms with Gasteiger partial charge in [-0.05, 0) is 37.9 Å². The largest absolute Gasteiger partial charge is 0.416 e. The van der Waals surface area contributed by atoms with Crippen LogP contribution in [0.4, 0.5) is 13.2 Å². The molecule has 0 heterocycles. The first kappa shape index (κ1) is 16.2. The Balaban J connectivity index is 2.61. The summed E-state index contributed by atoms with van der Waals surface area (Å²) in [5, 5.41) is 0. The third-order valence-corrected chi connectivity index (χ3v) is 4.80. The second-order valence-electron chi connectivity index (χ2n) is 4.08. The molecule has 0 spiro atoms. The molecule has 0 aromatic heterocycles. The van der Waals surface area contributed by atoms with Crippen molar-refractivity contribution in [3.8, 4) is 0 Å². The highest BCUT2D eigenvalue weighted by Gasteiger charge is 2.30. The second-order valence-corrected chi connectivity index (χ2v) is 6.18. The molecule has 0 fully saturated rings. The fourth-order valence-electron chi connectivity index (χ4n) is 1.77. The van der Waals surface area contributed by atoms with Crippen LogP contribution in [0.5, 0.6) is 0 Å². The molecule has 0 atom stereocenters. The molecule has 0 N–H and O–H groups in total. The molecule has 108 valence electrons. The van der Waals surface area contributed by atoms with Crippen molar-refractivity contribution in [1.82, 2.24) is 0 Å². The number of benzene rings is 1. The Morgan fingerprint density at radius 1 is 1.11 bits per heavy atom. The number of hydrogen-bond donors (Lipinski definition) is 0. The van der Waals surface area contributed by atoms with Crippen LogP contribution in [0.25, 0.3) is 0 Å². The first-order valence-electron chi connectivity index (χ1n) is 6.36. The van der Waals surface area contributed by atoms with Gasteiger partial charge in [0.25, 0.3) is 0 Å². The Hall–Kier alpha value is -0.853. The van der Waals surface area contributed by atoms with Crippen LogP contribution in [-0.2, 0) is 21.4 Å². The zero-order chi connectivity index (χ0) is 14.3. The highest BCUT2D eigenvalue weighted by Crippen LogP contribution is 2.29. The molecule has 0 radical (unpaired) electrons. The molecule has 0 unspecified atom stereocenters. The molecule has 0 aliphatic rings. The molecule has 1 rings (SSSR count). The van der Waals surface area contributed by atoms with Crippen LogP contribution in [0.3, 0.4) is 0 Å². The van der Waals surface area contributed by atoms with Gasteiger partial charge in [-0.3, -0.25) is 0 Å². The van der Waals surface area contributed by atoms with Crippen molar-refractivity contribution >= 4 is 9.28 Å². The molecule has 19 heavy (non-hydrogen) atoms. The Bertz CT molecular complexity index is 376. The molecule has 0 amide bonds. The second kappa shape index (κ2) is 7.67. The van der Waals surface area contributed by atoms with Crippen molar-refractivity contribution in [3.63, 3.8) is 0 Å². The van der Waals surface area contributed by atoms with Crippen molar-refractivity contribution in [2.24, 2.45) is 0 Å². The van der Waals surface area contributed by atoms with Gasteiger partial charge in [0.15, 0.2) is 0 Å². The zero-order valence-corrected chi connectivity index (χ0v) is 12.3. The maximum Gasteiger partial charge on any atom is 0.416 e. The summed E-state index contributed by atoms with van der Waals surface area (Å²) in [5.74, 6) is 0. The lowest BCUT2D eigenvalue weighted by atomic mass is 10.1. The van der Waals surface area contributed by atoms with Crippen molar-refractivity contribution in [2.75, 3.05) is 13.2 Å². The van der Waals surface area contributed by atoms with Crippen LogP contribution >= 0.6 is 0 Å². The van der Waals surface area contributed by atoms with E-state index in [1.54, 1.807) is 6.07 Å². The summed E-state index contributed by atoms with van der Waals surface area (Å²) in [6, 6.07) is 6.12. The standard InChI is InChI=1S/C13H19F3O2Si/c1-3-17-19(18-4-2)9-8-11-6-5-7-12(10-11)13(14,15)16/h5-7,10,19H,3-4,8-9H2,1-2H3. The normalized spacial score (nSPS) is 12.1.